The van der Waals surface area contributed by atoms with Gasteiger partial charge in [0, 0.05) is 22.8 Å². The second kappa shape index (κ2) is 11.0. The summed E-state index contributed by atoms with van der Waals surface area (Å²) in [7, 11) is 0. The molecular formula is C41H28N2O. The molecule has 0 N–H and O–H groups in total. The van der Waals surface area contributed by atoms with Gasteiger partial charge in [-0.05, 0) is 70.3 Å². The molecule has 0 atom stereocenters. The summed E-state index contributed by atoms with van der Waals surface area (Å²) in [5.41, 5.74) is 12.6. The van der Waals surface area contributed by atoms with Gasteiger partial charge in [0.15, 0.2) is 11.2 Å². The van der Waals surface area contributed by atoms with Gasteiger partial charge in [0.05, 0.1) is 11.4 Å². The molecule has 0 spiro atoms. The molecular weight excluding hydrogens is 536 g/mol. The molecule has 0 bridgehead atoms. The number of pyridine rings is 1. The van der Waals surface area contributed by atoms with E-state index in [2.05, 4.69) is 155 Å². The van der Waals surface area contributed by atoms with E-state index < -0.39 is 0 Å². The molecule has 0 aliphatic heterocycles. The van der Waals surface area contributed by atoms with Gasteiger partial charge >= 0.3 is 0 Å². The molecule has 0 aliphatic carbocycles. The summed E-state index contributed by atoms with van der Waals surface area (Å²) >= 11 is 0. The van der Waals surface area contributed by atoms with Crippen molar-refractivity contribution >= 4 is 39.1 Å². The number of fused-ring (bicyclic) bond motifs is 3. The first-order valence-electron chi connectivity index (χ1n) is 14.8. The Bertz CT molecular complexity index is 2200. The Balaban J connectivity index is 1.27. The lowest BCUT2D eigenvalue weighted by Crippen LogP contribution is -2.11. The molecule has 0 unspecified atom stereocenters. The molecule has 2 aromatic heterocycles. The van der Waals surface area contributed by atoms with Gasteiger partial charge in [0.2, 0.25) is 0 Å². The van der Waals surface area contributed by atoms with E-state index >= 15 is 0 Å². The Morgan fingerprint density at radius 3 is 1.70 bits per heavy atom. The number of rotatable bonds is 6. The number of para-hydroxylation sites is 2. The first-order valence-corrected chi connectivity index (χ1v) is 14.8. The Kier molecular flexibility index (Phi) is 6.47. The quantitative estimate of drug-likeness (QED) is 0.201. The van der Waals surface area contributed by atoms with Crippen LogP contribution in [0.1, 0.15) is 0 Å². The highest BCUT2D eigenvalue weighted by molar-refractivity contribution is 6.09. The summed E-state index contributed by atoms with van der Waals surface area (Å²) in [6.07, 6.45) is 1.82. The Morgan fingerprint density at radius 1 is 0.432 bits per heavy atom. The van der Waals surface area contributed by atoms with Gasteiger partial charge in [-0.2, -0.15) is 0 Å². The first kappa shape index (κ1) is 25.8. The SMILES string of the molecule is c1ccc(-c2ccc(-c3ccc(N(c4ccccc4-c4ccccc4)c4cccc5c4oc4cccnc45)cc3)cc2)cc1. The van der Waals surface area contributed by atoms with Gasteiger partial charge in [-0.3, -0.25) is 4.98 Å². The molecule has 0 fully saturated rings. The number of aromatic nitrogens is 1. The van der Waals surface area contributed by atoms with Gasteiger partial charge in [-0.15, -0.1) is 0 Å². The van der Waals surface area contributed by atoms with Crippen LogP contribution in [0.5, 0.6) is 0 Å². The van der Waals surface area contributed by atoms with Crippen molar-refractivity contribution in [2.45, 2.75) is 0 Å². The maximum Gasteiger partial charge on any atom is 0.161 e. The summed E-state index contributed by atoms with van der Waals surface area (Å²) in [4.78, 5) is 6.94. The van der Waals surface area contributed by atoms with Gasteiger partial charge in [-0.1, -0.05) is 121 Å². The molecule has 0 aliphatic rings. The highest BCUT2D eigenvalue weighted by Crippen LogP contribution is 2.45. The molecule has 6 aromatic carbocycles. The van der Waals surface area contributed by atoms with Crippen LogP contribution in [-0.2, 0) is 0 Å². The molecule has 0 saturated heterocycles. The van der Waals surface area contributed by atoms with Crippen LogP contribution in [0.2, 0.25) is 0 Å². The van der Waals surface area contributed by atoms with E-state index in [0.717, 1.165) is 55.8 Å². The van der Waals surface area contributed by atoms with Crippen LogP contribution in [0.4, 0.5) is 17.1 Å². The highest BCUT2D eigenvalue weighted by atomic mass is 16.3. The van der Waals surface area contributed by atoms with Crippen molar-refractivity contribution < 1.29 is 4.42 Å². The number of benzene rings is 6. The molecule has 2 heterocycles. The first-order chi connectivity index (χ1) is 21.8. The zero-order chi connectivity index (χ0) is 29.3. The van der Waals surface area contributed by atoms with Crippen LogP contribution < -0.4 is 4.90 Å². The number of anilines is 3. The average Bonchev–Trinajstić information content (AvgIpc) is 3.49. The average molecular weight is 565 g/mol. The van der Waals surface area contributed by atoms with Crippen LogP contribution in [0.3, 0.4) is 0 Å². The molecule has 3 nitrogen and oxygen atoms in total. The van der Waals surface area contributed by atoms with Crippen LogP contribution >= 0.6 is 0 Å². The van der Waals surface area contributed by atoms with Gasteiger partial charge in [0.1, 0.15) is 5.52 Å². The minimum absolute atomic E-state index is 0.778. The second-order valence-corrected chi connectivity index (χ2v) is 10.8. The van der Waals surface area contributed by atoms with Crippen LogP contribution in [0.15, 0.2) is 174 Å². The van der Waals surface area contributed by atoms with E-state index in [4.69, 9.17) is 4.42 Å². The standard InChI is InChI=1S/C41H28N2O/c1-3-11-29(12-4-1)30-20-22-31(23-21-30)32-24-26-34(27-25-32)43(37-17-8-7-15-35(37)33-13-5-2-6-14-33)38-18-9-16-36-40-39(44-41(36)38)19-10-28-42-40/h1-28H. The van der Waals surface area contributed by atoms with E-state index in [-0.39, 0.29) is 0 Å². The Morgan fingerprint density at radius 2 is 1.00 bits per heavy atom. The smallest absolute Gasteiger partial charge is 0.161 e. The maximum absolute atomic E-state index is 6.49. The van der Waals surface area contributed by atoms with Crippen molar-refractivity contribution in [2.24, 2.45) is 0 Å². The van der Waals surface area contributed by atoms with Crippen molar-refractivity contribution in [3.8, 4) is 33.4 Å². The summed E-state index contributed by atoms with van der Waals surface area (Å²) in [6, 6.07) is 57.3. The minimum Gasteiger partial charge on any atom is -0.452 e. The van der Waals surface area contributed by atoms with Crippen LogP contribution in [0.25, 0.3) is 55.4 Å². The largest absolute Gasteiger partial charge is 0.452 e. The molecule has 8 rings (SSSR count). The number of hydrogen-bond donors (Lipinski definition) is 0. The third-order valence-corrected chi connectivity index (χ3v) is 8.15. The fourth-order valence-electron chi connectivity index (χ4n) is 6.01. The lowest BCUT2D eigenvalue weighted by Gasteiger charge is -2.28. The monoisotopic (exact) mass is 564 g/mol. The zero-order valence-electron chi connectivity index (χ0n) is 24.0. The van der Waals surface area contributed by atoms with Gasteiger partial charge in [0.25, 0.3) is 0 Å². The second-order valence-electron chi connectivity index (χ2n) is 10.8. The van der Waals surface area contributed by atoms with Crippen molar-refractivity contribution in [1.82, 2.24) is 4.98 Å². The summed E-state index contributed by atoms with van der Waals surface area (Å²) in [5, 5.41) is 0.996. The normalized spacial score (nSPS) is 11.2. The zero-order valence-corrected chi connectivity index (χ0v) is 24.0. The van der Waals surface area contributed by atoms with Gasteiger partial charge < -0.3 is 9.32 Å². The lowest BCUT2D eigenvalue weighted by molar-refractivity contribution is 0.668. The predicted molar refractivity (Wildman–Crippen MR) is 183 cm³/mol. The Labute approximate surface area is 256 Å². The molecule has 8 aromatic rings. The molecule has 0 saturated carbocycles. The molecule has 0 radical (unpaired) electrons. The topological polar surface area (TPSA) is 29.3 Å². The van der Waals surface area contributed by atoms with Crippen molar-refractivity contribution in [3.63, 3.8) is 0 Å². The van der Waals surface area contributed by atoms with Crippen molar-refractivity contribution in [3.05, 3.63) is 170 Å². The lowest BCUT2D eigenvalue weighted by atomic mass is 9.99. The van der Waals surface area contributed by atoms with E-state index in [1.54, 1.807) is 0 Å². The van der Waals surface area contributed by atoms with E-state index in [9.17, 15) is 0 Å². The van der Waals surface area contributed by atoms with E-state index in [0.29, 0.717) is 0 Å². The summed E-state index contributed by atoms with van der Waals surface area (Å²) in [6.45, 7) is 0. The van der Waals surface area contributed by atoms with Crippen molar-refractivity contribution in [1.29, 1.82) is 0 Å². The molecule has 3 heteroatoms. The minimum atomic E-state index is 0.778. The van der Waals surface area contributed by atoms with Crippen LogP contribution in [0, 0.1) is 0 Å². The summed E-state index contributed by atoms with van der Waals surface area (Å²) in [5.74, 6) is 0. The van der Waals surface area contributed by atoms with Crippen LogP contribution in [-0.4, -0.2) is 4.98 Å². The van der Waals surface area contributed by atoms with Crippen molar-refractivity contribution in [2.75, 3.05) is 4.90 Å². The summed E-state index contributed by atoms with van der Waals surface area (Å²) < 4.78 is 6.49. The van der Waals surface area contributed by atoms with E-state index in [1.807, 2.05) is 24.4 Å². The highest BCUT2D eigenvalue weighted by Gasteiger charge is 2.22. The predicted octanol–water partition coefficient (Wildman–Crippen LogP) is 11.5. The van der Waals surface area contributed by atoms with E-state index in [1.165, 1.54) is 16.7 Å². The third kappa shape index (κ3) is 4.61. The third-order valence-electron chi connectivity index (χ3n) is 8.15. The fourth-order valence-corrected chi connectivity index (χ4v) is 6.01. The Hall–Kier alpha value is -5.93. The fraction of sp³-hybridized carbons (Fsp3) is 0. The number of nitrogens with zero attached hydrogens (tertiary/aromatic N) is 2. The molecule has 208 valence electrons. The number of furan rings is 1. The van der Waals surface area contributed by atoms with Gasteiger partial charge in [-0.25, -0.2) is 0 Å². The molecule has 0 amide bonds. The number of hydrogen-bond acceptors (Lipinski definition) is 3. The molecule has 44 heavy (non-hydrogen) atoms. The maximum atomic E-state index is 6.49.